The first-order chi connectivity index (χ1) is 6.06. The van der Waals surface area contributed by atoms with Crippen LogP contribution in [0.1, 0.15) is 13.8 Å². The second-order valence-corrected chi connectivity index (χ2v) is 2.05. The highest BCUT2D eigenvalue weighted by molar-refractivity contribution is 5.60. The summed E-state index contributed by atoms with van der Waals surface area (Å²) in [5.74, 6) is 0. The first kappa shape index (κ1) is 11.5. The molecule has 0 heterocycles. The van der Waals surface area contributed by atoms with Gasteiger partial charge in [0.2, 0.25) is 0 Å². The Balaban J connectivity index is 3.51. The molecule has 7 nitrogen and oxygen atoms in total. The normalized spacial score (nSPS) is 11.5. The van der Waals surface area contributed by atoms with Crippen LogP contribution in [0.5, 0.6) is 0 Å². The standard InChI is InChI=1S/C6H10NO6/c1-3-11-6(8)12-4-5(2)13-7(9)10/h3,5H,4H2,1-2H3. The molecule has 7 heteroatoms. The van der Waals surface area contributed by atoms with E-state index in [4.69, 9.17) is 0 Å². The van der Waals surface area contributed by atoms with Crippen molar-refractivity contribution in [1.82, 2.24) is 0 Å². The summed E-state index contributed by atoms with van der Waals surface area (Å²) in [5, 5.41) is 8.83. The SMILES string of the molecule is C[CH]OC(=O)OCC(C)O[N+](=O)[O-]. The van der Waals surface area contributed by atoms with Gasteiger partial charge in [-0.25, -0.2) is 4.79 Å². The lowest BCUT2D eigenvalue weighted by molar-refractivity contribution is -0.767. The molecule has 0 saturated heterocycles. The minimum atomic E-state index is -0.953. The Bertz CT molecular complexity index is 182. The molecule has 0 aliphatic heterocycles. The Kier molecular flexibility index (Phi) is 5.33. The van der Waals surface area contributed by atoms with Crippen LogP contribution in [0, 0.1) is 16.7 Å². The summed E-state index contributed by atoms with van der Waals surface area (Å²) in [5.41, 5.74) is 0. The average Bonchev–Trinajstić information content (AvgIpc) is 2.00. The topological polar surface area (TPSA) is 87.9 Å². The van der Waals surface area contributed by atoms with E-state index in [0.717, 1.165) is 6.61 Å². The summed E-state index contributed by atoms with van der Waals surface area (Å²) in [4.78, 5) is 24.4. The molecule has 0 rings (SSSR count). The average molecular weight is 192 g/mol. The largest absolute Gasteiger partial charge is 0.508 e. The van der Waals surface area contributed by atoms with Gasteiger partial charge in [-0.05, 0) is 13.8 Å². The lowest BCUT2D eigenvalue weighted by atomic mass is 10.4. The molecule has 0 N–H and O–H groups in total. The molecule has 75 valence electrons. The van der Waals surface area contributed by atoms with E-state index in [2.05, 4.69) is 14.3 Å². The van der Waals surface area contributed by atoms with E-state index in [1.807, 2.05) is 0 Å². The summed E-state index contributed by atoms with van der Waals surface area (Å²) in [6.45, 7) is 3.80. The molecular formula is C6H10NO6. The predicted octanol–water partition coefficient (Wildman–Crippen LogP) is 0.918. The number of hydrogen-bond acceptors (Lipinski definition) is 6. The molecule has 0 spiro atoms. The highest BCUT2D eigenvalue weighted by atomic mass is 17.0. The Labute approximate surface area is 74.7 Å². The zero-order valence-corrected chi connectivity index (χ0v) is 7.26. The minimum absolute atomic E-state index is 0.229. The maximum Gasteiger partial charge on any atom is 0.508 e. The number of ether oxygens (including phenoxy) is 2. The number of rotatable bonds is 5. The zero-order chi connectivity index (χ0) is 10.3. The van der Waals surface area contributed by atoms with Crippen LogP contribution in [-0.4, -0.2) is 24.0 Å². The molecule has 0 aliphatic carbocycles. The summed E-state index contributed by atoms with van der Waals surface area (Å²) in [7, 11) is 0. The fourth-order valence-corrected chi connectivity index (χ4v) is 0.493. The lowest BCUT2D eigenvalue weighted by Gasteiger charge is -2.08. The van der Waals surface area contributed by atoms with Gasteiger partial charge in [0.1, 0.15) is 19.3 Å². The molecule has 13 heavy (non-hydrogen) atoms. The number of hydrogen-bond donors (Lipinski definition) is 0. The van der Waals surface area contributed by atoms with Crippen LogP contribution in [-0.2, 0) is 14.3 Å². The fourth-order valence-electron chi connectivity index (χ4n) is 0.493. The van der Waals surface area contributed by atoms with E-state index < -0.39 is 17.3 Å². The van der Waals surface area contributed by atoms with Gasteiger partial charge in [0.05, 0.1) is 0 Å². The van der Waals surface area contributed by atoms with Gasteiger partial charge in [0.25, 0.3) is 5.09 Å². The van der Waals surface area contributed by atoms with E-state index in [0.29, 0.717) is 0 Å². The van der Waals surface area contributed by atoms with Crippen molar-refractivity contribution in [1.29, 1.82) is 0 Å². The molecule has 0 aromatic rings. The molecule has 1 unspecified atom stereocenters. The molecule has 1 radical (unpaired) electrons. The molecule has 1 atom stereocenters. The van der Waals surface area contributed by atoms with Crippen molar-refractivity contribution >= 4 is 6.16 Å². The molecule has 0 aliphatic rings. The van der Waals surface area contributed by atoms with E-state index in [1.54, 1.807) is 0 Å². The second-order valence-electron chi connectivity index (χ2n) is 2.05. The van der Waals surface area contributed by atoms with Crippen molar-refractivity contribution in [2.75, 3.05) is 6.61 Å². The van der Waals surface area contributed by atoms with Crippen LogP contribution in [0.4, 0.5) is 4.79 Å². The molecular weight excluding hydrogens is 182 g/mol. The van der Waals surface area contributed by atoms with Crippen LogP contribution in [0.2, 0.25) is 0 Å². The summed E-state index contributed by atoms with van der Waals surface area (Å²) < 4.78 is 8.71. The highest BCUT2D eigenvalue weighted by Gasteiger charge is 2.10. The summed E-state index contributed by atoms with van der Waals surface area (Å²) in [6.07, 6.45) is -1.72. The Morgan fingerprint density at radius 2 is 2.31 bits per heavy atom. The van der Waals surface area contributed by atoms with Gasteiger partial charge in [-0.2, -0.15) is 0 Å². The smallest absolute Gasteiger partial charge is 0.432 e. The van der Waals surface area contributed by atoms with Gasteiger partial charge in [-0.3, -0.25) is 0 Å². The Morgan fingerprint density at radius 1 is 1.69 bits per heavy atom. The summed E-state index contributed by atoms with van der Waals surface area (Å²) >= 11 is 0. The minimum Gasteiger partial charge on any atom is -0.432 e. The third-order valence-corrected chi connectivity index (χ3v) is 0.916. The van der Waals surface area contributed by atoms with E-state index in [9.17, 15) is 14.9 Å². The quantitative estimate of drug-likeness (QED) is 0.365. The van der Waals surface area contributed by atoms with Gasteiger partial charge >= 0.3 is 6.16 Å². The molecule has 0 aromatic carbocycles. The predicted molar refractivity (Wildman–Crippen MR) is 39.9 cm³/mol. The van der Waals surface area contributed by atoms with Gasteiger partial charge in [-0.15, -0.1) is 10.1 Å². The molecule has 0 amide bonds. The highest BCUT2D eigenvalue weighted by Crippen LogP contribution is 1.94. The molecule has 0 saturated carbocycles. The van der Waals surface area contributed by atoms with Gasteiger partial charge in [0, 0.05) is 0 Å². The first-order valence-corrected chi connectivity index (χ1v) is 3.48. The van der Waals surface area contributed by atoms with Crippen molar-refractivity contribution in [2.24, 2.45) is 0 Å². The first-order valence-electron chi connectivity index (χ1n) is 3.48. The van der Waals surface area contributed by atoms with Crippen molar-refractivity contribution < 1.29 is 24.2 Å². The van der Waals surface area contributed by atoms with Crippen LogP contribution in [0.25, 0.3) is 0 Å². The van der Waals surface area contributed by atoms with E-state index >= 15 is 0 Å². The maximum absolute atomic E-state index is 10.5. The second kappa shape index (κ2) is 6.04. The third-order valence-electron chi connectivity index (χ3n) is 0.916. The van der Waals surface area contributed by atoms with Gasteiger partial charge in [0.15, 0.2) is 0 Å². The van der Waals surface area contributed by atoms with Gasteiger partial charge < -0.3 is 14.3 Å². The van der Waals surface area contributed by atoms with Crippen LogP contribution < -0.4 is 0 Å². The maximum atomic E-state index is 10.5. The van der Waals surface area contributed by atoms with Crippen molar-refractivity contribution in [3.63, 3.8) is 0 Å². The van der Waals surface area contributed by atoms with Crippen LogP contribution in [0.15, 0.2) is 0 Å². The lowest BCUT2D eigenvalue weighted by Crippen LogP contribution is -2.21. The van der Waals surface area contributed by atoms with Crippen molar-refractivity contribution in [2.45, 2.75) is 20.0 Å². The monoisotopic (exact) mass is 192 g/mol. The van der Waals surface area contributed by atoms with Crippen molar-refractivity contribution in [3.05, 3.63) is 16.7 Å². The molecule has 0 aromatic heterocycles. The fraction of sp³-hybridized carbons (Fsp3) is 0.667. The zero-order valence-electron chi connectivity index (χ0n) is 7.26. The number of nitrogens with zero attached hydrogens (tertiary/aromatic N) is 1. The van der Waals surface area contributed by atoms with E-state index in [1.165, 1.54) is 13.8 Å². The number of carbonyl (C=O) groups is 1. The Hall–Kier alpha value is -1.53. The van der Waals surface area contributed by atoms with Gasteiger partial charge in [-0.1, -0.05) is 0 Å². The molecule has 0 bridgehead atoms. The molecule has 0 fully saturated rings. The summed E-state index contributed by atoms with van der Waals surface area (Å²) in [6, 6.07) is 0. The van der Waals surface area contributed by atoms with E-state index in [-0.39, 0.29) is 6.61 Å². The number of carbonyl (C=O) groups excluding carboxylic acids is 1. The third kappa shape index (κ3) is 6.85. The van der Waals surface area contributed by atoms with Crippen molar-refractivity contribution in [3.8, 4) is 0 Å². The van der Waals surface area contributed by atoms with Crippen LogP contribution >= 0.6 is 0 Å². The van der Waals surface area contributed by atoms with Crippen LogP contribution in [0.3, 0.4) is 0 Å². The Morgan fingerprint density at radius 3 is 2.77 bits per heavy atom.